The minimum Gasteiger partial charge on any atom is -0.463 e. The van der Waals surface area contributed by atoms with Crippen LogP contribution in [0.15, 0.2) is 51.9 Å². The van der Waals surface area contributed by atoms with Crippen LogP contribution < -0.4 is 10.9 Å². The fourth-order valence-corrected chi connectivity index (χ4v) is 3.62. The Morgan fingerprint density at radius 1 is 1.24 bits per heavy atom. The summed E-state index contributed by atoms with van der Waals surface area (Å²) in [4.78, 5) is 25.0. The zero-order chi connectivity index (χ0) is 20.4. The van der Waals surface area contributed by atoms with Gasteiger partial charge in [0.1, 0.15) is 11.3 Å². The minimum absolute atomic E-state index is 0.0880. The lowest BCUT2D eigenvalue weighted by atomic mass is 10.2. The van der Waals surface area contributed by atoms with Gasteiger partial charge in [0, 0.05) is 43.1 Å². The third-order valence-corrected chi connectivity index (χ3v) is 5.26. The topological polar surface area (TPSA) is 81.5 Å². The van der Waals surface area contributed by atoms with Crippen LogP contribution in [0.5, 0.6) is 0 Å². The van der Waals surface area contributed by atoms with Gasteiger partial charge in [0.15, 0.2) is 5.58 Å². The number of aryl methyl sites for hydroxylation is 2. The summed E-state index contributed by atoms with van der Waals surface area (Å²) in [6, 6.07) is 11.0. The molecule has 0 aliphatic carbocycles. The van der Waals surface area contributed by atoms with Crippen molar-refractivity contribution in [2.75, 3.05) is 0 Å². The molecule has 0 radical (unpaired) electrons. The van der Waals surface area contributed by atoms with E-state index in [1.165, 1.54) is 4.68 Å². The van der Waals surface area contributed by atoms with E-state index in [4.69, 9.17) is 16.0 Å². The number of rotatable bonds is 7. The van der Waals surface area contributed by atoms with Gasteiger partial charge in [-0.2, -0.15) is 5.10 Å². The molecule has 150 valence electrons. The van der Waals surface area contributed by atoms with Crippen LogP contribution in [0, 0.1) is 0 Å². The first-order valence-corrected chi connectivity index (χ1v) is 9.95. The van der Waals surface area contributed by atoms with Crippen LogP contribution in [0.3, 0.4) is 0 Å². The Morgan fingerprint density at radius 2 is 2.07 bits per heavy atom. The van der Waals surface area contributed by atoms with Crippen molar-refractivity contribution in [3.63, 3.8) is 0 Å². The molecule has 0 unspecified atom stereocenters. The van der Waals surface area contributed by atoms with E-state index in [2.05, 4.69) is 10.4 Å². The van der Waals surface area contributed by atoms with Crippen LogP contribution >= 0.6 is 11.6 Å². The number of halogens is 1. The number of nitrogens with one attached hydrogen (secondary N) is 1. The lowest BCUT2D eigenvalue weighted by Crippen LogP contribution is -2.28. The molecule has 3 aromatic heterocycles. The molecule has 1 aromatic carbocycles. The van der Waals surface area contributed by atoms with Crippen molar-refractivity contribution in [3.8, 4) is 0 Å². The molecule has 0 aliphatic rings. The molecule has 0 spiro atoms. The van der Waals surface area contributed by atoms with Crippen molar-refractivity contribution in [2.45, 2.75) is 39.3 Å². The Hall–Kier alpha value is -3.06. The summed E-state index contributed by atoms with van der Waals surface area (Å²) >= 11 is 6.10. The third-order valence-electron chi connectivity index (χ3n) is 4.89. The summed E-state index contributed by atoms with van der Waals surface area (Å²) in [6.07, 6.45) is 3.08. The summed E-state index contributed by atoms with van der Waals surface area (Å²) in [5.41, 5.74) is 2.72. The average Bonchev–Trinajstić information content (AvgIpc) is 3.31. The number of furan rings is 1. The standard InChI is InChI=1S/C21H21ClN4O3/c1-2-19-24-25(21(28)17-12-18-16(26(17)19)9-11-29-18)10-5-8-20(27)23-13-14-6-3-4-7-15(14)22/h3-4,6-7,9,11-12H,2,5,8,10,13H2,1H3,(H,23,27). The number of aromatic nitrogens is 3. The highest BCUT2D eigenvalue weighted by molar-refractivity contribution is 6.31. The largest absolute Gasteiger partial charge is 0.463 e. The van der Waals surface area contributed by atoms with E-state index >= 15 is 0 Å². The second-order valence-electron chi connectivity index (χ2n) is 6.80. The van der Waals surface area contributed by atoms with Gasteiger partial charge in [0.25, 0.3) is 5.56 Å². The van der Waals surface area contributed by atoms with E-state index in [0.29, 0.717) is 48.5 Å². The normalized spacial score (nSPS) is 11.4. The van der Waals surface area contributed by atoms with Gasteiger partial charge in [-0.25, -0.2) is 4.68 Å². The first-order chi connectivity index (χ1) is 14.1. The van der Waals surface area contributed by atoms with Gasteiger partial charge in [-0.3, -0.25) is 14.0 Å². The molecular formula is C21H21ClN4O3. The molecule has 3 heterocycles. The molecule has 4 rings (SSSR count). The van der Waals surface area contributed by atoms with Gasteiger partial charge >= 0.3 is 0 Å². The monoisotopic (exact) mass is 412 g/mol. The van der Waals surface area contributed by atoms with Crippen LogP contribution in [0.1, 0.15) is 31.2 Å². The maximum atomic E-state index is 12.8. The predicted molar refractivity (Wildman–Crippen MR) is 111 cm³/mol. The highest BCUT2D eigenvalue weighted by atomic mass is 35.5. The Bertz CT molecular complexity index is 1240. The molecule has 1 amide bonds. The van der Waals surface area contributed by atoms with E-state index in [9.17, 15) is 9.59 Å². The molecule has 29 heavy (non-hydrogen) atoms. The molecule has 7 nitrogen and oxygen atoms in total. The number of hydrogen-bond acceptors (Lipinski definition) is 4. The summed E-state index contributed by atoms with van der Waals surface area (Å²) in [5.74, 6) is 0.689. The van der Waals surface area contributed by atoms with Gasteiger partial charge in [-0.05, 0) is 18.1 Å². The van der Waals surface area contributed by atoms with E-state index in [1.54, 1.807) is 18.4 Å². The summed E-state index contributed by atoms with van der Waals surface area (Å²) in [5, 5.41) is 7.99. The maximum Gasteiger partial charge on any atom is 0.291 e. The molecule has 0 fully saturated rings. The van der Waals surface area contributed by atoms with Crippen molar-refractivity contribution in [2.24, 2.45) is 0 Å². The number of hydrogen-bond donors (Lipinski definition) is 1. The quantitative estimate of drug-likeness (QED) is 0.503. The zero-order valence-electron chi connectivity index (χ0n) is 16.0. The predicted octanol–water partition coefficient (Wildman–Crippen LogP) is 3.55. The molecule has 0 saturated carbocycles. The average molecular weight is 413 g/mol. The number of fused-ring (bicyclic) bond motifs is 3. The summed E-state index contributed by atoms with van der Waals surface area (Å²) in [7, 11) is 0. The second kappa shape index (κ2) is 8.13. The van der Waals surface area contributed by atoms with E-state index in [0.717, 1.165) is 16.9 Å². The summed E-state index contributed by atoms with van der Waals surface area (Å²) in [6.45, 7) is 2.74. The number of nitrogens with zero attached hydrogens (tertiary/aromatic N) is 3. The Balaban J connectivity index is 1.43. The minimum atomic E-state index is -0.190. The lowest BCUT2D eigenvalue weighted by molar-refractivity contribution is -0.121. The van der Waals surface area contributed by atoms with Crippen molar-refractivity contribution in [3.05, 3.63) is 69.4 Å². The number of carbonyl (C=O) groups is 1. The molecule has 8 heteroatoms. The lowest BCUT2D eigenvalue weighted by Gasteiger charge is -2.10. The fourth-order valence-electron chi connectivity index (χ4n) is 3.42. The Morgan fingerprint density at radius 3 is 2.86 bits per heavy atom. The second-order valence-corrected chi connectivity index (χ2v) is 7.21. The first-order valence-electron chi connectivity index (χ1n) is 9.57. The molecule has 4 aromatic rings. The number of benzene rings is 1. The fraction of sp³-hybridized carbons (Fsp3) is 0.286. The van der Waals surface area contributed by atoms with Gasteiger partial charge in [0.05, 0.1) is 11.8 Å². The maximum absolute atomic E-state index is 12.8. The van der Waals surface area contributed by atoms with E-state index in [-0.39, 0.29) is 11.5 Å². The SMILES string of the molecule is CCc1nn(CCCC(=O)NCc2ccccc2Cl)c(=O)c2cc3occc3n12. The van der Waals surface area contributed by atoms with Gasteiger partial charge in [-0.1, -0.05) is 36.7 Å². The molecule has 0 saturated heterocycles. The van der Waals surface area contributed by atoms with Crippen molar-refractivity contribution in [1.82, 2.24) is 19.5 Å². The first kappa shape index (κ1) is 19.3. The Kier molecular flexibility index (Phi) is 5.40. The van der Waals surface area contributed by atoms with Crippen molar-refractivity contribution < 1.29 is 9.21 Å². The van der Waals surface area contributed by atoms with Crippen LogP contribution in [0.25, 0.3) is 16.6 Å². The van der Waals surface area contributed by atoms with Crippen LogP contribution in [0.2, 0.25) is 5.02 Å². The molecular weight excluding hydrogens is 392 g/mol. The van der Waals surface area contributed by atoms with Gasteiger partial charge in [-0.15, -0.1) is 0 Å². The van der Waals surface area contributed by atoms with Crippen molar-refractivity contribution >= 4 is 34.1 Å². The van der Waals surface area contributed by atoms with Crippen LogP contribution in [-0.4, -0.2) is 20.1 Å². The van der Waals surface area contributed by atoms with Crippen LogP contribution in [-0.2, 0) is 24.3 Å². The molecule has 1 N–H and O–H groups in total. The van der Waals surface area contributed by atoms with E-state index < -0.39 is 0 Å². The number of carbonyl (C=O) groups excluding carboxylic acids is 1. The van der Waals surface area contributed by atoms with Crippen LogP contribution in [0.4, 0.5) is 0 Å². The summed E-state index contributed by atoms with van der Waals surface area (Å²) < 4.78 is 8.70. The van der Waals surface area contributed by atoms with Crippen molar-refractivity contribution in [1.29, 1.82) is 0 Å². The molecule has 0 bridgehead atoms. The smallest absolute Gasteiger partial charge is 0.291 e. The highest BCUT2D eigenvalue weighted by Crippen LogP contribution is 2.20. The number of amides is 1. The Labute approximate surface area is 171 Å². The highest BCUT2D eigenvalue weighted by Gasteiger charge is 2.15. The van der Waals surface area contributed by atoms with Gasteiger partial charge < -0.3 is 9.73 Å². The third kappa shape index (κ3) is 3.78. The molecule has 0 aliphatic heterocycles. The zero-order valence-corrected chi connectivity index (χ0v) is 16.8. The molecule has 0 atom stereocenters. The van der Waals surface area contributed by atoms with E-state index in [1.807, 2.05) is 35.6 Å². The van der Waals surface area contributed by atoms with Gasteiger partial charge in [0.2, 0.25) is 5.91 Å².